The SMILES string of the molecule is COc1cccc(F)c1-c1nccc(C(=O)Cc2ccc3sc(C)nc3c2N2C[C@H](N)C[C@H]2CO)n1. The molecular weight excluding hydrogens is 481 g/mol. The van der Waals surface area contributed by atoms with Crippen LogP contribution in [0.1, 0.15) is 27.5 Å². The van der Waals surface area contributed by atoms with Crippen LogP contribution in [0.5, 0.6) is 5.75 Å². The van der Waals surface area contributed by atoms with Crippen molar-refractivity contribution in [3.05, 3.63) is 64.7 Å². The Morgan fingerprint density at radius 1 is 1.28 bits per heavy atom. The normalized spacial score (nSPS) is 17.6. The molecule has 186 valence electrons. The number of aromatic nitrogens is 3. The number of fused-ring (bicyclic) bond motifs is 1. The molecular formula is C26H26FN5O3S. The minimum atomic E-state index is -0.536. The average Bonchev–Trinajstić information content (AvgIpc) is 3.44. The molecule has 36 heavy (non-hydrogen) atoms. The number of nitrogens with zero attached hydrogens (tertiary/aromatic N) is 4. The summed E-state index contributed by atoms with van der Waals surface area (Å²) in [5.41, 5.74) is 8.90. The van der Waals surface area contributed by atoms with Crippen molar-refractivity contribution in [2.24, 2.45) is 5.73 Å². The second-order valence-electron chi connectivity index (χ2n) is 8.82. The summed E-state index contributed by atoms with van der Waals surface area (Å²) in [4.78, 5) is 28.8. The summed E-state index contributed by atoms with van der Waals surface area (Å²) in [7, 11) is 1.44. The molecule has 0 aliphatic carbocycles. The number of halogens is 1. The molecule has 0 amide bonds. The minimum Gasteiger partial charge on any atom is -0.496 e. The zero-order valence-corrected chi connectivity index (χ0v) is 20.8. The molecule has 8 nitrogen and oxygen atoms in total. The van der Waals surface area contributed by atoms with E-state index in [0.29, 0.717) is 13.0 Å². The molecule has 2 aromatic heterocycles. The highest BCUT2D eigenvalue weighted by Gasteiger charge is 2.33. The topological polar surface area (TPSA) is 114 Å². The molecule has 0 spiro atoms. The van der Waals surface area contributed by atoms with Gasteiger partial charge in [-0.05, 0) is 43.2 Å². The third-order valence-corrected chi connectivity index (χ3v) is 7.32. The number of carbonyl (C=O) groups excluding carboxylic acids is 1. The first-order chi connectivity index (χ1) is 17.4. The van der Waals surface area contributed by atoms with Gasteiger partial charge in [-0.15, -0.1) is 11.3 Å². The Morgan fingerprint density at radius 3 is 2.89 bits per heavy atom. The highest BCUT2D eigenvalue weighted by atomic mass is 32.1. The molecule has 10 heteroatoms. The molecule has 5 rings (SSSR count). The average molecular weight is 508 g/mol. The van der Waals surface area contributed by atoms with E-state index in [-0.39, 0.29) is 53.7 Å². The molecule has 4 aromatic rings. The Balaban J connectivity index is 1.53. The number of aliphatic hydroxyl groups excluding tert-OH is 1. The Hall–Kier alpha value is -3.47. The van der Waals surface area contributed by atoms with E-state index in [1.54, 1.807) is 17.4 Å². The van der Waals surface area contributed by atoms with Crippen molar-refractivity contribution in [2.45, 2.75) is 31.8 Å². The fourth-order valence-electron chi connectivity index (χ4n) is 4.79. The maximum Gasteiger partial charge on any atom is 0.185 e. The van der Waals surface area contributed by atoms with Gasteiger partial charge in [0.25, 0.3) is 0 Å². The fourth-order valence-corrected chi connectivity index (χ4v) is 5.62. The number of ketones is 1. The summed E-state index contributed by atoms with van der Waals surface area (Å²) in [6.07, 6.45) is 2.15. The van der Waals surface area contributed by atoms with Gasteiger partial charge in [0.1, 0.15) is 22.8 Å². The van der Waals surface area contributed by atoms with Crippen LogP contribution in [-0.2, 0) is 6.42 Å². The molecule has 2 atom stereocenters. The first-order valence-corrected chi connectivity index (χ1v) is 12.4. The van der Waals surface area contributed by atoms with Crippen molar-refractivity contribution >= 4 is 33.0 Å². The Kier molecular flexibility index (Phi) is 6.65. The van der Waals surface area contributed by atoms with Gasteiger partial charge in [-0.25, -0.2) is 19.3 Å². The van der Waals surface area contributed by atoms with E-state index in [1.165, 1.54) is 31.5 Å². The van der Waals surface area contributed by atoms with Crippen LogP contribution < -0.4 is 15.4 Å². The lowest BCUT2D eigenvalue weighted by atomic mass is 10.0. The molecule has 0 saturated carbocycles. The van der Waals surface area contributed by atoms with Gasteiger partial charge < -0.3 is 20.5 Å². The molecule has 3 heterocycles. The Labute approximate surface area is 211 Å². The number of anilines is 1. The lowest BCUT2D eigenvalue weighted by Gasteiger charge is -2.28. The molecule has 0 bridgehead atoms. The van der Waals surface area contributed by atoms with Crippen LogP contribution in [-0.4, -0.2) is 58.2 Å². The number of hydrogen-bond acceptors (Lipinski definition) is 9. The summed E-state index contributed by atoms with van der Waals surface area (Å²) >= 11 is 1.58. The zero-order chi connectivity index (χ0) is 25.4. The predicted octanol–water partition coefficient (Wildman–Crippen LogP) is 3.53. The first-order valence-electron chi connectivity index (χ1n) is 11.6. The van der Waals surface area contributed by atoms with Crippen molar-refractivity contribution in [1.82, 2.24) is 15.0 Å². The predicted molar refractivity (Wildman–Crippen MR) is 137 cm³/mol. The molecule has 1 saturated heterocycles. The van der Waals surface area contributed by atoms with Crippen molar-refractivity contribution in [3.8, 4) is 17.1 Å². The van der Waals surface area contributed by atoms with Crippen molar-refractivity contribution in [2.75, 3.05) is 25.2 Å². The van der Waals surface area contributed by atoms with E-state index >= 15 is 0 Å². The third kappa shape index (κ3) is 4.43. The summed E-state index contributed by atoms with van der Waals surface area (Å²) in [5, 5.41) is 10.9. The van der Waals surface area contributed by atoms with Gasteiger partial charge in [0, 0.05) is 25.2 Å². The smallest absolute Gasteiger partial charge is 0.185 e. The number of thiazole rings is 1. The zero-order valence-electron chi connectivity index (χ0n) is 19.9. The fraction of sp³-hybridized carbons (Fsp3) is 0.308. The third-order valence-electron chi connectivity index (χ3n) is 6.38. The first kappa shape index (κ1) is 24.2. The van der Waals surface area contributed by atoms with Gasteiger partial charge in [-0.3, -0.25) is 4.79 Å². The highest BCUT2D eigenvalue weighted by Crippen LogP contribution is 2.38. The largest absolute Gasteiger partial charge is 0.496 e. The van der Waals surface area contributed by atoms with Gasteiger partial charge in [0.15, 0.2) is 11.6 Å². The molecule has 3 N–H and O–H groups in total. The van der Waals surface area contributed by atoms with Gasteiger partial charge in [0.05, 0.1) is 40.7 Å². The number of nitrogens with two attached hydrogens (primary N) is 1. The van der Waals surface area contributed by atoms with Crippen LogP contribution in [0.3, 0.4) is 0 Å². The maximum absolute atomic E-state index is 14.6. The second-order valence-corrected chi connectivity index (χ2v) is 10.1. The van der Waals surface area contributed by atoms with Crippen LogP contribution >= 0.6 is 11.3 Å². The highest BCUT2D eigenvalue weighted by molar-refractivity contribution is 7.18. The second kappa shape index (κ2) is 9.88. The van der Waals surface area contributed by atoms with Crippen molar-refractivity contribution in [3.63, 3.8) is 0 Å². The number of rotatable bonds is 7. The minimum absolute atomic E-state index is 0.0413. The molecule has 0 radical (unpaired) electrons. The summed E-state index contributed by atoms with van der Waals surface area (Å²) in [6.45, 7) is 2.46. The van der Waals surface area contributed by atoms with Crippen molar-refractivity contribution < 1.29 is 19.0 Å². The van der Waals surface area contributed by atoms with E-state index in [2.05, 4.69) is 14.9 Å². The van der Waals surface area contributed by atoms with E-state index in [1.807, 2.05) is 19.1 Å². The molecule has 1 aliphatic heterocycles. The van der Waals surface area contributed by atoms with Crippen molar-refractivity contribution in [1.29, 1.82) is 0 Å². The number of benzene rings is 2. The van der Waals surface area contributed by atoms with Crippen LogP contribution in [0.4, 0.5) is 10.1 Å². The number of Topliss-reactive ketones (excluding diaryl/α,β-unsaturated/α-hetero) is 1. The number of ether oxygens (including phenoxy) is 1. The monoisotopic (exact) mass is 507 g/mol. The maximum atomic E-state index is 14.6. The number of aryl methyl sites for hydroxylation is 1. The van der Waals surface area contributed by atoms with Gasteiger partial charge >= 0.3 is 0 Å². The summed E-state index contributed by atoms with van der Waals surface area (Å²) < 4.78 is 20.9. The quantitative estimate of drug-likeness (QED) is 0.365. The van der Waals surface area contributed by atoms with E-state index < -0.39 is 5.82 Å². The Bertz CT molecular complexity index is 1440. The van der Waals surface area contributed by atoms with Gasteiger partial charge in [-0.1, -0.05) is 12.1 Å². The van der Waals surface area contributed by atoms with E-state index in [4.69, 9.17) is 15.5 Å². The number of methoxy groups -OCH3 is 1. The molecule has 2 aromatic carbocycles. The van der Waals surface area contributed by atoms with Crippen LogP contribution in [0.2, 0.25) is 0 Å². The van der Waals surface area contributed by atoms with Gasteiger partial charge in [-0.2, -0.15) is 0 Å². The standard InChI is InChI=1S/C26H26FN5O3S/c1-14-30-24-22(36-14)7-6-15(25(24)32-12-16(28)11-17(32)13-33)10-20(34)19-8-9-29-26(31-19)23-18(27)4-3-5-21(23)35-2/h3-9,16-17,33H,10-13,28H2,1-2H3/t16-,17+/m1/s1. The van der Waals surface area contributed by atoms with Crippen LogP contribution in [0.15, 0.2) is 42.6 Å². The molecule has 1 aliphatic rings. The lowest BCUT2D eigenvalue weighted by Crippen LogP contribution is -2.34. The summed E-state index contributed by atoms with van der Waals surface area (Å²) in [5.74, 6) is -0.421. The Morgan fingerprint density at radius 2 is 2.11 bits per heavy atom. The van der Waals surface area contributed by atoms with Gasteiger partial charge in [0.2, 0.25) is 0 Å². The summed E-state index contributed by atoms with van der Waals surface area (Å²) in [6, 6.07) is 9.62. The molecule has 1 fully saturated rings. The van der Waals surface area contributed by atoms with Crippen LogP contribution in [0, 0.1) is 12.7 Å². The van der Waals surface area contributed by atoms with E-state index in [0.717, 1.165) is 26.5 Å². The van der Waals surface area contributed by atoms with Crippen LogP contribution in [0.25, 0.3) is 21.6 Å². The number of carbonyl (C=O) groups is 1. The molecule has 0 unspecified atom stereocenters. The number of hydrogen-bond donors (Lipinski definition) is 2. The lowest BCUT2D eigenvalue weighted by molar-refractivity contribution is 0.0988. The number of aliphatic hydroxyl groups is 1. The van der Waals surface area contributed by atoms with E-state index in [9.17, 15) is 14.3 Å².